The van der Waals surface area contributed by atoms with Gasteiger partial charge in [-0.05, 0) is 57.3 Å². The molecule has 124 valence electrons. The van der Waals surface area contributed by atoms with Crippen LogP contribution in [-0.4, -0.2) is 25.2 Å². The Labute approximate surface area is 141 Å². The van der Waals surface area contributed by atoms with E-state index >= 15 is 0 Å². The van der Waals surface area contributed by atoms with Gasteiger partial charge in [-0.2, -0.15) is 0 Å². The molecule has 0 heterocycles. The first-order chi connectivity index (χ1) is 11.2. The molecule has 0 amide bonds. The van der Waals surface area contributed by atoms with Crippen molar-refractivity contribution in [2.45, 2.75) is 45.2 Å². The normalized spacial score (nSPS) is 13.7. The van der Waals surface area contributed by atoms with Crippen LogP contribution in [0.15, 0.2) is 60.7 Å². The van der Waals surface area contributed by atoms with E-state index in [1.54, 1.807) is 0 Å². The molecule has 0 bridgehead atoms. The molecule has 0 fully saturated rings. The topological polar surface area (TPSA) is 24.1 Å². The average Bonchev–Trinajstić information content (AvgIpc) is 2.56. The third-order valence-corrected chi connectivity index (χ3v) is 4.11. The third kappa shape index (κ3) is 7.45. The lowest BCUT2D eigenvalue weighted by molar-refractivity contribution is 0.492. The summed E-state index contributed by atoms with van der Waals surface area (Å²) in [6, 6.07) is 22.4. The van der Waals surface area contributed by atoms with Gasteiger partial charge in [-0.1, -0.05) is 60.7 Å². The highest BCUT2D eigenvalue weighted by Gasteiger charge is 2.04. The maximum absolute atomic E-state index is 3.61. The monoisotopic (exact) mass is 310 g/mol. The molecular formula is C21H30N2. The zero-order chi connectivity index (χ0) is 16.3. The Hall–Kier alpha value is -1.64. The van der Waals surface area contributed by atoms with Gasteiger partial charge in [0, 0.05) is 12.1 Å². The van der Waals surface area contributed by atoms with Crippen molar-refractivity contribution < 1.29 is 0 Å². The summed E-state index contributed by atoms with van der Waals surface area (Å²) in [6.45, 7) is 6.66. The number of hydrogen-bond acceptors (Lipinski definition) is 2. The molecule has 2 heteroatoms. The Morgan fingerprint density at radius 2 is 1.04 bits per heavy atom. The van der Waals surface area contributed by atoms with Crippen molar-refractivity contribution >= 4 is 0 Å². The van der Waals surface area contributed by atoms with Gasteiger partial charge in [-0.25, -0.2) is 0 Å². The zero-order valence-electron chi connectivity index (χ0n) is 14.5. The first-order valence-electron chi connectivity index (χ1n) is 8.78. The Balaban J connectivity index is 1.53. The summed E-state index contributed by atoms with van der Waals surface area (Å²) in [5.41, 5.74) is 2.81. The van der Waals surface area contributed by atoms with E-state index in [0.29, 0.717) is 12.1 Å². The van der Waals surface area contributed by atoms with E-state index in [9.17, 15) is 0 Å². The van der Waals surface area contributed by atoms with Crippen molar-refractivity contribution in [3.05, 3.63) is 71.8 Å². The van der Waals surface area contributed by atoms with E-state index in [0.717, 1.165) is 32.4 Å². The van der Waals surface area contributed by atoms with Crippen LogP contribution in [0.2, 0.25) is 0 Å². The third-order valence-electron chi connectivity index (χ3n) is 4.11. The number of nitrogens with one attached hydrogen (secondary N) is 2. The van der Waals surface area contributed by atoms with Crippen LogP contribution in [0.4, 0.5) is 0 Å². The van der Waals surface area contributed by atoms with Gasteiger partial charge in [0.05, 0.1) is 0 Å². The van der Waals surface area contributed by atoms with Crippen LogP contribution in [0, 0.1) is 0 Å². The highest BCUT2D eigenvalue weighted by Crippen LogP contribution is 2.03. The Kier molecular flexibility index (Phi) is 7.85. The van der Waals surface area contributed by atoms with Crippen molar-refractivity contribution in [2.75, 3.05) is 13.1 Å². The molecule has 0 unspecified atom stereocenters. The van der Waals surface area contributed by atoms with E-state index in [2.05, 4.69) is 85.1 Å². The quantitative estimate of drug-likeness (QED) is 0.652. The Morgan fingerprint density at radius 3 is 1.43 bits per heavy atom. The molecule has 0 aliphatic carbocycles. The van der Waals surface area contributed by atoms with Gasteiger partial charge < -0.3 is 10.6 Å². The summed E-state index contributed by atoms with van der Waals surface area (Å²) < 4.78 is 0. The molecule has 0 aromatic heterocycles. The van der Waals surface area contributed by atoms with Gasteiger partial charge >= 0.3 is 0 Å². The molecule has 0 saturated heterocycles. The van der Waals surface area contributed by atoms with Gasteiger partial charge in [0.25, 0.3) is 0 Å². The summed E-state index contributed by atoms with van der Waals surface area (Å²) in [6.07, 6.45) is 3.36. The van der Waals surface area contributed by atoms with E-state index in [-0.39, 0.29) is 0 Å². The zero-order valence-corrected chi connectivity index (χ0v) is 14.5. The van der Waals surface area contributed by atoms with Gasteiger partial charge in [-0.15, -0.1) is 0 Å². The highest BCUT2D eigenvalue weighted by atomic mass is 14.9. The van der Waals surface area contributed by atoms with Crippen molar-refractivity contribution in [1.82, 2.24) is 10.6 Å². The molecule has 23 heavy (non-hydrogen) atoms. The van der Waals surface area contributed by atoms with Crippen LogP contribution < -0.4 is 10.6 Å². The van der Waals surface area contributed by atoms with Crippen LogP contribution >= 0.6 is 0 Å². The molecule has 0 saturated carbocycles. The first-order valence-corrected chi connectivity index (χ1v) is 8.78. The maximum atomic E-state index is 3.61. The summed E-state index contributed by atoms with van der Waals surface area (Å²) in [4.78, 5) is 0. The number of rotatable bonds is 10. The summed E-state index contributed by atoms with van der Waals surface area (Å²) in [5.74, 6) is 0. The minimum Gasteiger partial charge on any atom is -0.314 e. The standard InChI is InChI=1S/C21H30N2/c1-18(16-20-10-5-3-6-11-20)22-14-9-15-23-19(2)17-21-12-7-4-8-13-21/h3-8,10-13,18-19,22-23H,9,14-17H2,1-2H3/t18-,19-/m0/s1. The van der Waals surface area contributed by atoms with Gasteiger partial charge in [0.2, 0.25) is 0 Å². The molecule has 0 radical (unpaired) electrons. The SMILES string of the molecule is C[C@@H](Cc1ccccc1)NCCCN[C@@H](C)Cc1ccccc1. The fourth-order valence-electron chi connectivity index (χ4n) is 2.86. The van der Waals surface area contributed by atoms with Crippen molar-refractivity contribution in [3.63, 3.8) is 0 Å². The molecule has 0 aliphatic heterocycles. The second-order valence-corrected chi connectivity index (χ2v) is 6.44. The molecule has 2 atom stereocenters. The largest absolute Gasteiger partial charge is 0.314 e. The van der Waals surface area contributed by atoms with Gasteiger partial charge in [-0.3, -0.25) is 0 Å². The van der Waals surface area contributed by atoms with Crippen molar-refractivity contribution in [1.29, 1.82) is 0 Å². The van der Waals surface area contributed by atoms with E-state index in [1.807, 2.05) is 0 Å². The van der Waals surface area contributed by atoms with Crippen LogP contribution in [-0.2, 0) is 12.8 Å². The fraction of sp³-hybridized carbons (Fsp3) is 0.429. The van der Waals surface area contributed by atoms with Crippen molar-refractivity contribution in [2.24, 2.45) is 0 Å². The fourth-order valence-corrected chi connectivity index (χ4v) is 2.86. The molecule has 0 aliphatic rings. The average molecular weight is 310 g/mol. The first kappa shape index (κ1) is 17.7. The molecule has 2 aromatic rings. The molecular weight excluding hydrogens is 280 g/mol. The number of benzene rings is 2. The summed E-state index contributed by atoms with van der Waals surface area (Å²) in [7, 11) is 0. The van der Waals surface area contributed by atoms with E-state index in [4.69, 9.17) is 0 Å². The van der Waals surface area contributed by atoms with Crippen LogP contribution in [0.25, 0.3) is 0 Å². The lowest BCUT2D eigenvalue weighted by atomic mass is 10.1. The van der Waals surface area contributed by atoms with Gasteiger partial charge in [0.15, 0.2) is 0 Å². The highest BCUT2D eigenvalue weighted by molar-refractivity contribution is 5.16. The van der Waals surface area contributed by atoms with Crippen LogP contribution in [0.5, 0.6) is 0 Å². The molecule has 0 spiro atoms. The Bertz CT molecular complexity index is 475. The second-order valence-electron chi connectivity index (χ2n) is 6.44. The van der Waals surface area contributed by atoms with Crippen LogP contribution in [0.3, 0.4) is 0 Å². The lowest BCUT2D eigenvalue weighted by Crippen LogP contribution is -2.33. The molecule has 2 N–H and O–H groups in total. The lowest BCUT2D eigenvalue weighted by Gasteiger charge is -2.16. The second kappa shape index (κ2) is 10.2. The number of hydrogen-bond donors (Lipinski definition) is 2. The van der Waals surface area contributed by atoms with Crippen LogP contribution in [0.1, 0.15) is 31.4 Å². The predicted octanol–water partition coefficient (Wildman–Crippen LogP) is 3.82. The molecule has 2 aromatic carbocycles. The van der Waals surface area contributed by atoms with Crippen molar-refractivity contribution in [3.8, 4) is 0 Å². The molecule has 2 rings (SSSR count). The predicted molar refractivity (Wildman–Crippen MR) is 99.8 cm³/mol. The van der Waals surface area contributed by atoms with E-state index < -0.39 is 0 Å². The Morgan fingerprint density at radius 1 is 0.652 bits per heavy atom. The summed E-state index contributed by atoms with van der Waals surface area (Å²) >= 11 is 0. The minimum absolute atomic E-state index is 0.527. The summed E-state index contributed by atoms with van der Waals surface area (Å²) in [5, 5.41) is 7.23. The minimum atomic E-state index is 0.527. The van der Waals surface area contributed by atoms with Gasteiger partial charge in [0.1, 0.15) is 0 Å². The molecule has 2 nitrogen and oxygen atoms in total. The maximum Gasteiger partial charge on any atom is 0.00791 e. The smallest absolute Gasteiger partial charge is 0.00791 e. The van der Waals surface area contributed by atoms with E-state index in [1.165, 1.54) is 11.1 Å².